The van der Waals surface area contributed by atoms with E-state index in [0.29, 0.717) is 5.69 Å². The van der Waals surface area contributed by atoms with Gasteiger partial charge in [-0.2, -0.15) is 0 Å². The number of anilines is 1. The van der Waals surface area contributed by atoms with Crippen molar-refractivity contribution >= 4 is 27.5 Å². The quantitative estimate of drug-likeness (QED) is 0.566. The third-order valence-corrected chi connectivity index (χ3v) is 7.91. The van der Waals surface area contributed by atoms with Crippen molar-refractivity contribution in [3.8, 4) is 0 Å². The van der Waals surface area contributed by atoms with Gasteiger partial charge in [-0.15, -0.1) is 0 Å². The number of carbonyl (C=O) groups excluding carboxylic acids is 2. The largest absolute Gasteiger partial charge is 0.352 e. The van der Waals surface area contributed by atoms with Crippen LogP contribution in [0.2, 0.25) is 0 Å². The Morgan fingerprint density at radius 2 is 1.57 bits per heavy atom. The number of carbonyl (C=O) groups is 2. The van der Waals surface area contributed by atoms with Crippen LogP contribution in [0.1, 0.15) is 55.7 Å². The van der Waals surface area contributed by atoms with Crippen molar-refractivity contribution in [2.75, 3.05) is 17.1 Å². The highest BCUT2D eigenvalue weighted by Gasteiger charge is 2.31. The van der Waals surface area contributed by atoms with Crippen molar-refractivity contribution in [2.24, 2.45) is 0 Å². The number of sulfonamides is 1. The van der Waals surface area contributed by atoms with E-state index < -0.39 is 22.0 Å². The molecule has 190 valence electrons. The molecular formula is C27H37N3O4S. The monoisotopic (exact) mass is 499 g/mol. The summed E-state index contributed by atoms with van der Waals surface area (Å²) in [5, 5.41) is 3.11. The summed E-state index contributed by atoms with van der Waals surface area (Å²) in [6.45, 7) is 5.32. The van der Waals surface area contributed by atoms with E-state index in [1.807, 2.05) is 50.2 Å². The van der Waals surface area contributed by atoms with Gasteiger partial charge in [0.05, 0.1) is 11.9 Å². The van der Waals surface area contributed by atoms with E-state index in [1.54, 1.807) is 19.1 Å². The summed E-state index contributed by atoms with van der Waals surface area (Å²) >= 11 is 0. The Hall–Kier alpha value is -2.87. The molecule has 0 saturated heterocycles. The molecule has 0 aromatic heterocycles. The van der Waals surface area contributed by atoms with Crippen LogP contribution < -0.4 is 9.62 Å². The van der Waals surface area contributed by atoms with Crippen LogP contribution in [0.3, 0.4) is 0 Å². The Balaban J connectivity index is 1.89. The fourth-order valence-electron chi connectivity index (χ4n) is 4.56. The lowest BCUT2D eigenvalue weighted by atomic mass is 9.95. The molecule has 2 amide bonds. The van der Waals surface area contributed by atoms with Crippen LogP contribution in [-0.2, 0) is 26.2 Å². The van der Waals surface area contributed by atoms with Crippen LogP contribution in [0.15, 0.2) is 48.5 Å². The first kappa shape index (κ1) is 26.7. The van der Waals surface area contributed by atoms with Crippen molar-refractivity contribution in [1.82, 2.24) is 10.2 Å². The lowest BCUT2D eigenvalue weighted by Gasteiger charge is -2.33. The maximum Gasteiger partial charge on any atom is 0.244 e. The molecule has 0 radical (unpaired) electrons. The maximum absolute atomic E-state index is 13.7. The SMILES string of the molecule is Cc1ccccc1CN(C(=O)CN(c1ccccc1C)S(C)(=O)=O)[C@@H](C)C(=O)NC1CCCCC1. The smallest absolute Gasteiger partial charge is 0.244 e. The fraction of sp³-hybridized carbons (Fsp3) is 0.481. The van der Waals surface area contributed by atoms with Gasteiger partial charge < -0.3 is 10.2 Å². The molecule has 0 aliphatic heterocycles. The molecular weight excluding hydrogens is 462 g/mol. The molecule has 3 rings (SSSR count). The minimum Gasteiger partial charge on any atom is -0.352 e. The van der Waals surface area contributed by atoms with Crippen LogP contribution in [0.25, 0.3) is 0 Å². The molecule has 1 aliphatic carbocycles. The number of hydrogen-bond donors (Lipinski definition) is 1. The second-order valence-corrected chi connectivity index (χ2v) is 11.4. The first-order valence-corrected chi connectivity index (χ1v) is 14.1. The molecule has 8 heteroatoms. The molecule has 2 aromatic carbocycles. The zero-order chi connectivity index (χ0) is 25.6. The highest BCUT2D eigenvalue weighted by atomic mass is 32.2. The zero-order valence-corrected chi connectivity index (χ0v) is 22.0. The molecule has 35 heavy (non-hydrogen) atoms. The highest BCUT2D eigenvalue weighted by molar-refractivity contribution is 7.92. The molecule has 1 aliphatic rings. The first-order chi connectivity index (χ1) is 16.6. The number of amides is 2. The fourth-order valence-corrected chi connectivity index (χ4v) is 5.47. The molecule has 1 fully saturated rings. The average molecular weight is 500 g/mol. The molecule has 0 spiro atoms. The van der Waals surface area contributed by atoms with Gasteiger partial charge in [-0.3, -0.25) is 13.9 Å². The summed E-state index contributed by atoms with van der Waals surface area (Å²) in [5.74, 6) is -0.631. The van der Waals surface area contributed by atoms with Gasteiger partial charge in [-0.25, -0.2) is 8.42 Å². The molecule has 0 bridgehead atoms. The minimum atomic E-state index is -3.73. The lowest BCUT2D eigenvalue weighted by molar-refractivity contribution is -0.139. The Kier molecular flexibility index (Phi) is 8.94. The van der Waals surface area contributed by atoms with E-state index in [9.17, 15) is 18.0 Å². The number of aryl methyl sites for hydroxylation is 2. The predicted molar refractivity (Wildman–Crippen MR) is 140 cm³/mol. The third kappa shape index (κ3) is 7.07. The standard InChI is InChI=1S/C27H37N3O4S/c1-20-12-8-10-14-23(20)18-29(22(3)27(32)28-24-15-6-5-7-16-24)26(31)19-30(35(4,33)34)25-17-11-9-13-21(25)2/h8-14,17,22,24H,5-7,15-16,18-19H2,1-4H3,(H,28,32)/t22-/m0/s1. The number of nitrogens with one attached hydrogen (secondary N) is 1. The molecule has 1 saturated carbocycles. The van der Waals surface area contributed by atoms with E-state index in [2.05, 4.69) is 5.32 Å². The predicted octanol–water partition coefficient (Wildman–Crippen LogP) is 3.94. The Bertz CT molecular complexity index is 1140. The van der Waals surface area contributed by atoms with E-state index in [0.717, 1.165) is 52.9 Å². The van der Waals surface area contributed by atoms with Gasteiger partial charge in [-0.1, -0.05) is 61.7 Å². The van der Waals surface area contributed by atoms with Gasteiger partial charge in [0.1, 0.15) is 12.6 Å². The summed E-state index contributed by atoms with van der Waals surface area (Å²) < 4.78 is 26.5. The normalized spacial score (nSPS) is 15.3. The van der Waals surface area contributed by atoms with Crippen molar-refractivity contribution in [1.29, 1.82) is 0 Å². The number of benzene rings is 2. The van der Waals surface area contributed by atoms with E-state index in [1.165, 1.54) is 11.3 Å². The molecule has 1 atom stereocenters. The molecule has 0 unspecified atom stereocenters. The van der Waals surface area contributed by atoms with Crippen LogP contribution in [0.4, 0.5) is 5.69 Å². The Morgan fingerprint density at radius 3 is 2.17 bits per heavy atom. The van der Waals surface area contributed by atoms with Gasteiger partial charge in [0.2, 0.25) is 21.8 Å². The van der Waals surface area contributed by atoms with Crippen molar-refractivity contribution in [2.45, 2.75) is 71.5 Å². The lowest BCUT2D eigenvalue weighted by Crippen LogP contribution is -2.53. The highest BCUT2D eigenvalue weighted by Crippen LogP contribution is 2.23. The Labute approximate surface area is 209 Å². The van der Waals surface area contributed by atoms with Crippen LogP contribution >= 0.6 is 0 Å². The average Bonchev–Trinajstić information content (AvgIpc) is 2.82. The van der Waals surface area contributed by atoms with Gasteiger partial charge in [0, 0.05) is 12.6 Å². The van der Waals surface area contributed by atoms with Crippen LogP contribution in [0, 0.1) is 13.8 Å². The van der Waals surface area contributed by atoms with Crippen molar-refractivity contribution in [3.05, 3.63) is 65.2 Å². The minimum absolute atomic E-state index is 0.119. The third-order valence-electron chi connectivity index (χ3n) is 6.78. The maximum atomic E-state index is 13.7. The molecule has 2 aromatic rings. The van der Waals surface area contributed by atoms with Crippen molar-refractivity contribution in [3.63, 3.8) is 0 Å². The van der Waals surface area contributed by atoms with Gasteiger partial charge in [0.25, 0.3) is 0 Å². The van der Waals surface area contributed by atoms with Gasteiger partial charge in [0.15, 0.2) is 0 Å². The van der Waals surface area contributed by atoms with Crippen LogP contribution in [-0.4, -0.2) is 50.0 Å². The van der Waals surface area contributed by atoms with E-state index in [-0.39, 0.29) is 25.0 Å². The van der Waals surface area contributed by atoms with Gasteiger partial charge >= 0.3 is 0 Å². The number of para-hydroxylation sites is 1. The Morgan fingerprint density at radius 1 is 0.971 bits per heavy atom. The molecule has 0 heterocycles. The summed E-state index contributed by atoms with van der Waals surface area (Å²) in [4.78, 5) is 28.4. The summed E-state index contributed by atoms with van der Waals surface area (Å²) in [6.07, 6.45) is 6.34. The van der Waals surface area contributed by atoms with Crippen LogP contribution in [0.5, 0.6) is 0 Å². The number of hydrogen-bond acceptors (Lipinski definition) is 4. The number of rotatable bonds is 9. The van der Waals surface area contributed by atoms with Gasteiger partial charge in [-0.05, 0) is 56.4 Å². The zero-order valence-electron chi connectivity index (χ0n) is 21.2. The second-order valence-electron chi connectivity index (χ2n) is 9.52. The summed E-state index contributed by atoms with van der Waals surface area (Å²) in [6, 6.07) is 14.1. The summed E-state index contributed by atoms with van der Waals surface area (Å²) in [5.41, 5.74) is 3.13. The summed E-state index contributed by atoms with van der Waals surface area (Å²) in [7, 11) is -3.73. The van der Waals surface area contributed by atoms with E-state index in [4.69, 9.17) is 0 Å². The molecule has 1 N–H and O–H groups in total. The second kappa shape index (κ2) is 11.7. The number of nitrogens with zero attached hydrogens (tertiary/aromatic N) is 2. The van der Waals surface area contributed by atoms with Crippen molar-refractivity contribution < 1.29 is 18.0 Å². The topological polar surface area (TPSA) is 86.8 Å². The first-order valence-electron chi connectivity index (χ1n) is 12.3. The molecule has 7 nitrogen and oxygen atoms in total. The van der Waals surface area contributed by atoms with E-state index >= 15 is 0 Å².